The van der Waals surface area contributed by atoms with Crippen LogP contribution in [0.4, 0.5) is 0 Å². The van der Waals surface area contributed by atoms with Crippen LogP contribution in [0.15, 0.2) is 34.9 Å². The van der Waals surface area contributed by atoms with E-state index < -0.39 is 0 Å². The molecule has 3 N–H and O–H groups in total. The van der Waals surface area contributed by atoms with Crippen molar-refractivity contribution < 1.29 is 4.79 Å². The minimum absolute atomic E-state index is 0.0932. The van der Waals surface area contributed by atoms with E-state index in [2.05, 4.69) is 49.7 Å². The zero-order valence-electron chi connectivity index (χ0n) is 10.3. The SMILES string of the molecule is O=C(NCc1ccc2c(c1)CNC2)c1cc(Br)c[nH]1. The Hall–Kier alpha value is -1.59. The Morgan fingerprint density at radius 2 is 2.11 bits per heavy atom. The molecular weight excluding hydrogens is 306 g/mol. The molecule has 0 aliphatic carbocycles. The van der Waals surface area contributed by atoms with Crippen molar-refractivity contribution >= 4 is 21.8 Å². The fraction of sp³-hybridized carbons (Fsp3) is 0.214. The maximum Gasteiger partial charge on any atom is 0.267 e. The molecule has 98 valence electrons. The Balaban J connectivity index is 1.64. The van der Waals surface area contributed by atoms with Crippen LogP contribution in [0, 0.1) is 0 Å². The number of hydrogen-bond donors (Lipinski definition) is 3. The lowest BCUT2D eigenvalue weighted by Gasteiger charge is -2.06. The number of benzene rings is 1. The van der Waals surface area contributed by atoms with Gasteiger partial charge in [-0.25, -0.2) is 0 Å². The highest BCUT2D eigenvalue weighted by atomic mass is 79.9. The van der Waals surface area contributed by atoms with Gasteiger partial charge in [0, 0.05) is 30.3 Å². The van der Waals surface area contributed by atoms with Gasteiger partial charge in [0.25, 0.3) is 5.91 Å². The summed E-state index contributed by atoms with van der Waals surface area (Å²) in [6.45, 7) is 2.40. The quantitative estimate of drug-likeness (QED) is 0.813. The van der Waals surface area contributed by atoms with Crippen molar-refractivity contribution in [1.82, 2.24) is 15.6 Å². The molecule has 2 heterocycles. The van der Waals surface area contributed by atoms with E-state index in [1.165, 1.54) is 11.1 Å². The fourth-order valence-corrected chi connectivity index (χ4v) is 2.58. The molecule has 0 atom stereocenters. The molecule has 3 rings (SSSR count). The fourth-order valence-electron chi connectivity index (χ4n) is 2.23. The van der Waals surface area contributed by atoms with E-state index in [9.17, 15) is 4.79 Å². The van der Waals surface area contributed by atoms with Gasteiger partial charge >= 0.3 is 0 Å². The van der Waals surface area contributed by atoms with E-state index >= 15 is 0 Å². The number of aromatic nitrogens is 1. The van der Waals surface area contributed by atoms with E-state index in [4.69, 9.17) is 0 Å². The summed E-state index contributed by atoms with van der Waals surface area (Å²) in [5.74, 6) is -0.0932. The monoisotopic (exact) mass is 319 g/mol. The van der Waals surface area contributed by atoms with Gasteiger partial charge in [-0.05, 0) is 38.7 Å². The van der Waals surface area contributed by atoms with Crippen molar-refractivity contribution in [2.24, 2.45) is 0 Å². The van der Waals surface area contributed by atoms with Crippen LogP contribution in [0.25, 0.3) is 0 Å². The number of carbonyl (C=O) groups excluding carboxylic acids is 1. The van der Waals surface area contributed by atoms with Crippen molar-refractivity contribution in [1.29, 1.82) is 0 Å². The summed E-state index contributed by atoms with van der Waals surface area (Å²) in [5, 5.41) is 6.22. The molecule has 0 unspecified atom stereocenters. The van der Waals surface area contributed by atoms with Gasteiger partial charge in [-0.2, -0.15) is 0 Å². The van der Waals surface area contributed by atoms with Gasteiger partial charge in [0.05, 0.1) is 0 Å². The summed E-state index contributed by atoms with van der Waals surface area (Å²) < 4.78 is 0.876. The molecule has 1 amide bonds. The summed E-state index contributed by atoms with van der Waals surface area (Å²) in [6, 6.07) is 8.11. The molecule has 1 aliphatic rings. The van der Waals surface area contributed by atoms with Crippen molar-refractivity contribution in [3.8, 4) is 0 Å². The molecule has 0 fully saturated rings. The molecule has 2 aromatic rings. The zero-order valence-corrected chi connectivity index (χ0v) is 11.9. The van der Waals surface area contributed by atoms with Crippen molar-refractivity contribution in [3.05, 3.63) is 57.3 Å². The zero-order chi connectivity index (χ0) is 13.2. The number of nitrogens with one attached hydrogen (secondary N) is 3. The molecule has 1 aliphatic heterocycles. The van der Waals surface area contributed by atoms with Crippen LogP contribution in [0.5, 0.6) is 0 Å². The topological polar surface area (TPSA) is 56.9 Å². The van der Waals surface area contributed by atoms with E-state index in [0.717, 1.165) is 23.1 Å². The van der Waals surface area contributed by atoms with Gasteiger partial charge < -0.3 is 15.6 Å². The van der Waals surface area contributed by atoms with Gasteiger partial charge in [0.2, 0.25) is 0 Å². The van der Waals surface area contributed by atoms with E-state index in [1.807, 2.05) is 0 Å². The first-order valence-electron chi connectivity index (χ1n) is 6.16. The van der Waals surface area contributed by atoms with Gasteiger partial charge in [0.1, 0.15) is 5.69 Å². The Kier molecular flexibility index (Phi) is 3.40. The summed E-state index contributed by atoms with van der Waals surface area (Å²) in [7, 11) is 0. The molecule has 19 heavy (non-hydrogen) atoms. The first kappa shape index (κ1) is 12.4. The second kappa shape index (κ2) is 5.19. The largest absolute Gasteiger partial charge is 0.356 e. The lowest BCUT2D eigenvalue weighted by atomic mass is 10.1. The molecule has 0 bridgehead atoms. The van der Waals surface area contributed by atoms with Gasteiger partial charge in [-0.15, -0.1) is 0 Å². The maximum atomic E-state index is 11.9. The predicted molar refractivity (Wildman–Crippen MR) is 76.6 cm³/mol. The predicted octanol–water partition coefficient (Wildman–Crippen LogP) is 2.31. The standard InChI is InChI=1S/C14H14BrN3O/c15-12-4-13(17-8-12)14(19)18-5-9-1-2-10-6-16-7-11(10)3-9/h1-4,8,16-17H,5-7H2,(H,18,19). The highest BCUT2D eigenvalue weighted by Crippen LogP contribution is 2.17. The second-order valence-corrected chi connectivity index (χ2v) is 5.54. The Bertz CT molecular complexity index is 621. The highest BCUT2D eigenvalue weighted by molar-refractivity contribution is 9.10. The number of halogens is 1. The third-order valence-corrected chi connectivity index (χ3v) is 3.70. The number of rotatable bonds is 3. The molecular formula is C14H14BrN3O. The first-order chi connectivity index (χ1) is 9.22. The average molecular weight is 320 g/mol. The Morgan fingerprint density at radius 3 is 2.89 bits per heavy atom. The summed E-state index contributed by atoms with van der Waals surface area (Å²) in [6.07, 6.45) is 1.75. The normalized spacial score (nSPS) is 13.3. The highest BCUT2D eigenvalue weighted by Gasteiger charge is 2.11. The number of amides is 1. The second-order valence-electron chi connectivity index (χ2n) is 4.62. The third-order valence-electron chi connectivity index (χ3n) is 3.25. The number of H-pyrrole nitrogens is 1. The van der Waals surface area contributed by atoms with Crippen LogP contribution in [-0.2, 0) is 19.6 Å². The molecule has 1 aromatic heterocycles. The summed E-state index contributed by atoms with van der Waals surface area (Å²) in [5.41, 5.74) is 4.37. The summed E-state index contributed by atoms with van der Waals surface area (Å²) in [4.78, 5) is 14.8. The average Bonchev–Trinajstić information content (AvgIpc) is 3.03. The number of carbonyl (C=O) groups is 1. The summed E-state index contributed by atoms with van der Waals surface area (Å²) >= 11 is 3.31. The van der Waals surface area contributed by atoms with Crippen LogP contribution in [-0.4, -0.2) is 10.9 Å². The molecule has 0 spiro atoms. The number of hydrogen-bond acceptors (Lipinski definition) is 2. The van der Waals surface area contributed by atoms with Crippen LogP contribution in [0.1, 0.15) is 27.2 Å². The van der Waals surface area contributed by atoms with Gasteiger partial charge in [-0.1, -0.05) is 18.2 Å². The molecule has 5 heteroatoms. The minimum atomic E-state index is -0.0932. The molecule has 1 aromatic carbocycles. The van der Waals surface area contributed by atoms with E-state index in [1.54, 1.807) is 12.3 Å². The number of aromatic amines is 1. The van der Waals surface area contributed by atoms with Crippen molar-refractivity contribution in [2.45, 2.75) is 19.6 Å². The molecule has 0 saturated carbocycles. The Morgan fingerprint density at radius 1 is 1.26 bits per heavy atom. The molecule has 0 saturated heterocycles. The van der Waals surface area contributed by atoms with E-state index in [-0.39, 0.29) is 5.91 Å². The van der Waals surface area contributed by atoms with Crippen LogP contribution in [0.3, 0.4) is 0 Å². The minimum Gasteiger partial charge on any atom is -0.356 e. The Labute approximate surface area is 119 Å². The third kappa shape index (κ3) is 2.72. The van der Waals surface area contributed by atoms with Gasteiger partial charge in [0.15, 0.2) is 0 Å². The first-order valence-corrected chi connectivity index (χ1v) is 6.95. The lowest BCUT2D eigenvalue weighted by Crippen LogP contribution is -2.23. The van der Waals surface area contributed by atoms with E-state index in [0.29, 0.717) is 12.2 Å². The number of fused-ring (bicyclic) bond motifs is 1. The van der Waals surface area contributed by atoms with Gasteiger partial charge in [-0.3, -0.25) is 4.79 Å². The van der Waals surface area contributed by atoms with Crippen LogP contribution in [0.2, 0.25) is 0 Å². The van der Waals surface area contributed by atoms with Crippen LogP contribution >= 0.6 is 15.9 Å². The lowest BCUT2D eigenvalue weighted by molar-refractivity contribution is 0.0946. The molecule has 4 nitrogen and oxygen atoms in total. The van der Waals surface area contributed by atoms with Crippen molar-refractivity contribution in [2.75, 3.05) is 0 Å². The smallest absolute Gasteiger partial charge is 0.267 e. The van der Waals surface area contributed by atoms with Crippen molar-refractivity contribution in [3.63, 3.8) is 0 Å². The maximum absolute atomic E-state index is 11.9. The van der Waals surface area contributed by atoms with Crippen LogP contribution < -0.4 is 10.6 Å². The molecule has 0 radical (unpaired) electrons.